The molecule has 0 bridgehead atoms. The summed E-state index contributed by atoms with van der Waals surface area (Å²) in [5.74, 6) is 0.0174. The molecule has 100 valence electrons. The lowest BCUT2D eigenvalue weighted by molar-refractivity contribution is 0.100. The van der Waals surface area contributed by atoms with Gasteiger partial charge in [0.25, 0.3) is 5.91 Å². The molecule has 6 N–H and O–H groups in total. The van der Waals surface area contributed by atoms with Gasteiger partial charge in [0.05, 0.1) is 16.6 Å². The van der Waals surface area contributed by atoms with Crippen molar-refractivity contribution in [1.29, 1.82) is 0 Å². The summed E-state index contributed by atoms with van der Waals surface area (Å²) in [4.78, 5) is 18.7. The van der Waals surface area contributed by atoms with Gasteiger partial charge in [-0.1, -0.05) is 18.2 Å². The Balaban J connectivity index is 2.00. The molecular formula is C14H13N5O. The molecule has 6 heteroatoms. The number of nitrogens with one attached hydrogen (secondary N) is 2. The standard InChI is InChI=1S/C14H13N5O/c15-10-7-12-11(6-9(10)13(16)20)18-14(19-12)17-8-4-2-1-3-5-8/h1-7H,15H2,(H2,16,20)(H2,17,18,19). The number of para-hydroxylation sites is 1. The van der Waals surface area contributed by atoms with Crippen LogP contribution in [0.15, 0.2) is 42.5 Å². The molecule has 2 aromatic carbocycles. The van der Waals surface area contributed by atoms with Gasteiger partial charge in [0, 0.05) is 11.4 Å². The second kappa shape index (κ2) is 4.58. The number of fused-ring (bicyclic) bond motifs is 1. The van der Waals surface area contributed by atoms with Crippen molar-refractivity contribution >= 4 is 34.3 Å². The van der Waals surface area contributed by atoms with E-state index in [0.717, 1.165) is 5.69 Å². The van der Waals surface area contributed by atoms with Gasteiger partial charge in [-0.2, -0.15) is 0 Å². The maximum Gasteiger partial charge on any atom is 0.250 e. The molecule has 0 atom stereocenters. The zero-order valence-corrected chi connectivity index (χ0v) is 10.6. The lowest BCUT2D eigenvalue weighted by Gasteiger charge is -2.00. The number of rotatable bonds is 3. The molecule has 0 saturated carbocycles. The van der Waals surface area contributed by atoms with Crippen molar-refractivity contribution in [3.63, 3.8) is 0 Å². The van der Waals surface area contributed by atoms with Crippen molar-refractivity contribution in [2.45, 2.75) is 0 Å². The van der Waals surface area contributed by atoms with Crippen molar-refractivity contribution in [2.75, 3.05) is 11.1 Å². The fourth-order valence-corrected chi connectivity index (χ4v) is 2.00. The van der Waals surface area contributed by atoms with Gasteiger partial charge in [0.1, 0.15) is 0 Å². The fraction of sp³-hybridized carbons (Fsp3) is 0. The first kappa shape index (κ1) is 12.0. The molecule has 0 aliphatic rings. The van der Waals surface area contributed by atoms with Crippen LogP contribution in [0.1, 0.15) is 10.4 Å². The Labute approximate surface area is 114 Å². The van der Waals surface area contributed by atoms with Gasteiger partial charge in [-0.05, 0) is 24.3 Å². The van der Waals surface area contributed by atoms with Gasteiger partial charge < -0.3 is 21.8 Å². The van der Waals surface area contributed by atoms with E-state index in [4.69, 9.17) is 11.5 Å². The summed E-state index contributed by atoms with van der Waals surface area (Å²) in [5, 5.41) is 3.14. The number of nitrogens with zero attached hydrogens (tertiary/aromatic N) is 1. The zero-order chi connectivity index (χ0) is 14.1. The third-order valence-corrected chi connectivity index (χ3v) is 2.96. The summed E-state index contributed by atoms with van der Waals surface area (Å²) in [7, 11) is 0. The third kappa shape index (κ3) is 2.14. The van der Waals surface area contributed by atoms with Crippen LogP contribution in [0.5, 0.6) is 0 Å². The number of primary amides is 1. The molecule has 0 fully saturated rings. The van der Waals surface area contributed by atoms with Crippen LogP contribution in [0.4, 0.5) is 17.3 Å². The largest absolute Gasteiger partial charge is 0.398 e. The van der Waals surface area contributed by atoms with E-state index in [0.29, 0.717) is 22.7 Å². The summed E-state index contributed by atoms with van der Waals surface area (Å²) >= 11 is 0. The van der Waals surface area contributed by atoms with Crippen LogP contribution < -0.4 is 16.8 Å². The first-order chi connectivity index (χ1) is 9.63. The quantitative estimate of drug-likeness (QED) is 0.544. The predicted octanol–water partition coefficient (Wildman–Crippen LogP) is 1.99. The lowest BCUT2D eigenvalue weighted by Crippen LogP contribution is -2.13. The maximum atomic E-state index is 11.3. The second-order valence-electron chi connectivity index (χ2n) is 4.40. The van der Waals surface area contributed by atoms with Crippen molar-refractivity contribution in [3.05, 3.63) is 48.0 Å². The molecule has 3 aromatic rings. The summed E-state index contributed by atoms with van der Waals surface area (Å²) in [6.07, 6.45) is 0. The summed E-state index contributed by atoms with van der Waals surface area (Å²) in [5.41, 5.74) is 13.9. The molecule has 20 heavy (non-hydrogen) atoms. The molecule has 6 nitrogen and oxygen atoms in total. The maximum absolute atomic E-state index is 11.3. The van der Waals surface area contributed by atoms with Gasteiger partial charge in [0.15, 0.2) is 0 Å². The number of aromatic nitrogens is 2. The van der Waals surface area contributed by atoms with E-state index in [1.54, 1.807) is 12.1 Å². The van der Waals surface area contributed by atoms with E-state index < -0.39 is 5.91 Å². The van der Waals surface area contributed by atoms with Crippen LogP contribution in [0, 0.1) is 0 Å². The van der Waals surface area contributed by atoms with Gasteiger partial charge >= 0.3 is 0 Å². The predicted molar refractivity (Wildman–Crippen MR) is 78.7 cm³/mol. The fourth-order valence-electron chi connectivity index (χ4n) is 2.00. The molecule has 0 aliphatic carbocycles. The Bertz CT molecular complexity index is 779. The van der Waals surface area contributed by atoms with Crippen LogP contribution in [0.25, 0.3) is 11.0 Å². The number of hydrogen-bond donors (Lipinski definition) is 4. The van der Waals surface area contributed by atoms with Crippen LogP contribution in [-0.2, 0) is 0 Å². The van der Waals surface area contributed by atoms with Crippen LogP contribution in [0.3, 0.4) is 0 Å². The summed E-state index contributed by atoms with van der Waals surface area (Å²) in [6, 6.07) is 12.9. The molecule has 1 amide bonds. The topological polar surface area (TPSA) is 110 Å². The Kier molecular flexibility index (Phi) is 2.76. The SMILES string of the molecule is NC(=O)c1cc2[nH]c(Nc3ccccc3)nc2cc1N. The highest BCUT2D eigenvalue weighted by Gasteiger charge is 2.10. The number of nitrogen functional groups attached to an aromatic ring is 1. The van der Waals surface area contributed by atoms with E-state index in [-0.39, 0.29) is 5.56 Å². The number of amides is 1. The highest BCUT2D eigenvalue weighted by atomic mass is 16.1. The number of imidazole rings is 1. The normalized spacial score (nSPS) is 10.6. The van der Waals surface area contributed by atoms with Gasteiger partial charge in [-0.25, -0.2) is 4.98 Å². The Hall–Kier alpha value is -3.02. The average Bonchev–Trinajstić information content (AvgIpc) is 2.79. The molecule has 0 unspecified atom stereocenters. The molecule has 0 saturated heterocycles. The average molecular weight is 267 g/mol. The number of H-pyrrole nitrogens is 1. The Morgan fingerprint density at radius 1 is 1.20 bits per heavy atom. The number of hydrogen-bond acceptors (Lipinski definition) is 4. The number of carbonyl (C=O) groups is 1. The molecule has 1 aromatic heterocycles. The van der Waals surface area contributed by atoms with Gasteiger partial charge in [0.2, 0.25) is 5.95 Å². The smallest absolute Gasteiger partial charge is 0.250 e. The molecule has 0 aliphatic heterocycles. The van der Waals surface area contributed by atoms with Gasteiger partial charge in [-0.15, -0.1) is 0 Å². The van der Waals surface area contributed by atoms with Crippen molar-refractivity contribution < 1.29 is 4.79 Å². The van der Waals surface area contributed by atoms with Crippen molar-refractivity contribution in [2.24, 2.45) is 5.73 Å². The Morgan fingerprint density at radius 2 is 1.95 bits per heavy atom. The van der Waals surface area contributed by atoms with E-state index in [1.807, 2.05) is 30.3 Å². The number of benzene rings is 2. The zero-order valence-electron chi connectivity index (χ0n) is 10.6. The van der Waals surface area contributed by atoms with E-state index >= 15 is 0 Å². The van der Waals surface area contributed by atoms with Gasteiger partial charge in [-0.3, -0.25) is 4.79 Å². The number of anilines is 3. The molecule has 0 spiro atoms. The highest BCUT2D eigenvalue weighted by molar-refractivity contribution is 6.02. The van der Waals surface area contributed by atoms with Crippen LogP contribution >= 0.6 is 0 Å². The Morgan fingerprint density at radius 3 is 2.65 bits per heavy atom. The lowest BCUT2D eigenvalue weighted by atomic mass is 10.1. The first-order valence-electron chi connectivity index (χ1n) is 6.04. The monoisotopic (exact) mass is 267 g/mol. The second-order valence-corrected chi connectivity index (χ2v) is 4.40. The van der Waals surface area contributed by atoms with E-state index in [2.05, 4.69) is 15.3 Å². The molecular weight excluding hydrogens is 254 g/mol. The van der Waals surface area contributed by atoms with E-state index in [9.17, 15) is 4.79 Å². The van der Waals surface area contributed by atoms with Crippen LogP contribution in [-0.4, -0.2) is 15.9 Å². The number of carbonyl (C=O) groups excluding carboxylic acids is 1. The highest BCUT2D eigenvalue weighted by Crippen LogP contribution is 2.23. The minimum atomic E-state index is -0.559. The number of aromatic amines is 1. The summed E-state index contributed by atoms with van der Waals surface area (Å²) in [6.45, 7) is 0. The van der Waals surface area contributed by atoms with Crippen molar-refractivity contribution in [3.8, 4) is 0 Å². The van der Waals surface area contributed by atoms with Crippen molar-refractivity contribution in [1.82, 2.24) is 9.97 Å². The van der Waals surface area contributed by atoms with E-state index in [1.165, 1.54) is 0 Å². The molecule has 1 heterocycles. The number of nitrogens with two attached hydrogens (primary N) is 2. The minimum Gasteiger partial charge on any atom is -0.398 e. The molecule has 3 rings (SSSR count). The first-order valence-corrected chi connectivity index (χ1v) is 6.04. The summed E-state index contributed by atoms with van der Waals surface area (Å²) < 4.78 is 0. The molecule has 0 radical (unpaired) electrons. The van der Waals surface area contributed by atoms with Crippen LogP contribution in [0.2, 0.25) is 0 Å². The third-order valence-electron chi connectivity index (χ3n) is 2.96. The minimum absolute atomic E-state index is 0.285.